The lowest BCUT2D eigenvalue weighted by molar-refractivity contribution is 0.102. The number of hydrogen-bond donors (Lipinski definition) is 1. The molecule has 0 radical (unpaired) electrons. The topological polar surface area (TPSA) is 101 Å². The van der Waals surface area contributed by atoms with Crippen LogP contribution in [0.3, 0.4) is 0 Å². The standard InChI is InChI=1S/C25H28N4O4S2/c1-17-7-6-8-23(18(17)2)29-24(21-15-34(31)16-22(21)27-29)26-25(30)19-9-11-20(12-10-19)35(32,33)28-13-4-3-5-14-28/h6-12H,3-5,13-16H2,1-2H3,(H,26,30)/t34-/m1/s1. The molecular weight excluding hydrogens is 484 g/mol. The molecule has 1 N–H and O–H groups in total. The van der Waals surface area contributed by atoms with Crippen molar-refractivity contribution in [3.8, 4) is 5.69 Å². The van der Waals surface area contributed by atoms with Crippen molar-refractivity contribution in [1.82, 2.24) is 14.1 Å². The van der Waals surface area contributed by atoms with E-state index in [1.165, 1.54) is 28.6 Å². The van der Waals surface area contributed by atoms with Crippen molar-refractivity contribution >= 4 is 32.5 Å². The Bertz CT molecular complexity index is 1420. The van der Waals surface area contributed by atoms with Crippen LogP contribution in [0.1, 0.15) is 52.0 Å². The zero-order valence-electron chi connectivity index (χ0n) is 19.8. The third-order valence-electron chi connectivity index (χ3n) is 6.78. The van der Waals surface area contributed by atoms with E-state index in [0.717, 1.165) is 47.3 Å². The molecule has 0 saturated carbocycles. The Hall–Kier alpha value is -2.82. The molecule has 2 aromatic carbocycles. The molecule has 0 unspecified atom stereocenters. The van der Waals surface area contributed by atoms with Crippen LogP contribution in [0.4, 0.5) is 5.82 Å². The van der Waals surface area contributed by atoms with Crippen molar-refractivity contribution in [2.75, 3.05) is 18.4 Å². The Morgan fingerprint density at radius 3 is 2.43 bits per heavy atom. The number of benzene rings is 2. The van der Waals surface area contributed by atoms with Crippen molar-refractivity contribution in [3.05, 3.63) is 70.4 Å². The van der Waals surface area contributed by atoms with Gasteiger partial charge in [-0.05, 0) is 68.1 Å². The summed E-state index contributed by atoms with van der Waals surface area (Å²) in [7, 11) is -4.61. The third-order valence-corrected chi connectivity index (χ3v) is 9.89. The van der Waals surface area contributed by atoms with Gasteiger partial charge in [-0.2, -0.15) is 9.40 Å². The molecule has 3 heterocycles. The highest BCUT2D eigenvalue weighted by Crippen LogP contribution is 2.33. The summed E-state index contributed by atoms with van der Waals surface area (Å²) in [5, 5.41) is 7.64. The second-order valence-corrected chi connectivity index (χ2v) is 12.5. The first-order chi connectivity index (χ1) is 16.8. The predicted molar refractivity (Wildman–Crippen MR) is 136 cm³/mol. The smallest absolute Gasteiger partial charge is 0.256 e. The van der Waals surface area contributed by atoms with Crippen LogP contribution < -0.4 is 5.32 Å². The van der Waals surface area contributed by atoms with Crippen molar-refractivity contribution in [2.45, 2.75) is 49.5 Å². The lowest BCUT2D eigenvalue weighted by atomic mass is 10.1. The fourth-order valence-corrected chi connectivity index (χ4v) is 7.39. The van der Waals surface area contributed by atoms with Crippen LogP contribution >= 0.6 is 0 Å². The van der Waals surface area contributed by atoms with Crippen LogP contribution in [0.15, 0.2) is 47.4 Å². The number of carbonyl (C=O) groups is 1. The molecule has 0 aliphatic carbocycles. The number of hydrogen-bond acceptors (Lipinski definition) is 5. The quantitative estimate of drug-likeness (QED) is 0.562. The van der Waals surface area contributed by atoms with E-state index in [1.807, 2.05) is 32.0 Å². The van der Waals surface area contributed by atoms with Crippen LogP contribution in [0.2, 0.25) is 0 Å². The van der Waals surface area contributed by atoms with E-state index in [9.17, 15) is 17.4 Å². The van der Waals surface area contributed by atoms with Crippen molar-refractivity contribution in [3.63, 3.8) is 0 Å². The third kappa shape index (κ3) is 4.46. The average Bonchev–Trinajstić information content (AvgIpc) is 3.38. The lowest BCUT2D eigenvalue weighted by Crippen LogP contribution is -2.35. The summed E-state index contributed by atoms with van der Waals surface area (Å²) >= 11 is 0. The SMILES string of the molecule is Cc1cccc(-n2nc3c(c2NC(=O)c2ccc(S(=O)(=O)N4CCCCC4)cc2)C[S@@](=O)C3)c1C. The van der Waals surface area contributed by atoms with E-state index in [4.69, 9.17) is 0 Å². The van der Waals surface area contributed by atoms with Crippen molar-refractivity contribution < 1.29 is 17.4 Å². The average molecular weight is 513 g/mol. The number of nitrogens with zero attached hydrogens (tertiary/aromatic N) is 3. The van der Waals surface area contributed by atoms with Gasteiger partial charge >= 0.3 is 0 Å². The second kappa shape index (κ2) is 9.33. The highest BCUT2D eigenvalue weighted by Gasteiger charge is 2.30. The van der Waals surface area contributed by atoms with E-state index in [2.05, 4.69) is 10.4 Å². The van der Waals surface area contributed by atoms with Crippen molar-refractivity contribution in [2.24, 2.45) is 0 Å². The zero-order chi connectivity index (χ0) is 24.7. The summed E-state index contributed by atoms with van der Waals surface area (Å²) in [6.45, 7) is 5.07. The van der Waals surface area contributed by atoms with Crippen LogP contribution in [-0.4, -0.2) is 45.7 Å². The Morgan fingerprint density at radius 1 is 1.00 bits per heavy atom. The van der Waals surface area contributed by atoms with Gasteiger partial charge in [0.25, 0.3) is 5.91 Å². The highest BCUT2D eigenvalue weighted by atomic mass is 32.2. The highest BCUT2D eigenvalue weighted by molar-refractivity contribution is 7.89. The van der Waals surface area contributed by atoms with Gasteiger partial charge in [-0.15, -0.1) is 0 Å². The van der Waals surface area contributed by atoms with E-state index in [-0.39, 0.29) is 10.8 Å². The summed E-state index contributed by atoms with van der Waals surface area (Å²) in [5.74, 6) is 0.829. The Labute approximate surface area is 207 Å². The number of aryl methyl sites for hydroxylation is 1. The molecule has 184 valence electrons. The monoisotopic (exact) mass is 512 g/mol. The molecule has 1 fully saturated rings. The molecule has 5 rings (SSSR count). The zero-order valence-corrected chi connectivity index (χ0v) is 21.4. The van der Waals surface area contributed by atoms with Crippen molar-refractivity contribution in [1.29, 1.82) is 0 Å². The Kier molecular flexibility index (Phi) is 6.37. The van der Waals surface area contributed by atoms with E-state index >= 15 is 0 Å². The number of sulfonamides is 1. The lowest BCUT2D eigenvalue weighted by Gasteiger charge is -2.25. The Balaban J connectivity index is 1.44. The molecule has 3 aromatic rings. The molecule has 10 heteroatoms. The van der Waals surface area contributed by atoms with Gasteiger partial charge in [-0.3, -0.25) is 9.00 Å². The number of carbonyl (C=O) groups excluding carboxylic acids is 1. The van der Waals surface area contributed by atoms with Gasteiger partial charge < -0.3 is 5.32 Å². The molecule has 1 saturated heterocycles. The minimum atomic E-state index is -3.57. The summed E-state index contributed by atoms with van der Waals surface area (Å²) in [5.41, 5.74) is 4.83. The predicted octanol–water partition coefficient (Wildman–Crippen LogP) is 3.68. The normalized spacial score (nSPS) is 18.4. The summed E-state index contributed by atoms with van der Waals surface area (Å²) < 4.78 is 41.3. The van der Waals surface area contributed by atoms with Gasteiger partial charge in [0.05, 0.1) is 27.8 Å². The van der Waals surface area contributed by atoms with Gasteiger partial charge in [0, 0.05) is 35.0 Å². The molecule has 2 aliphatic rings. The van der Waals surface area contributed by atoms with Gasteiger partial charge in [0.2, 0.25) is 10.0 Å². The molecule has 0 bridgehead atoms. The van der Waals surface area contributed by atoms with Gasteiger partial charge in [-0.1, -0.05) is 18.6 Å². The van der Waals surface area contributed by atoms with Gasteiger partial charge in [0.15, 0.2) is 0 Å². The molecule has 1 aromatic heterocycles. The number of nitrogens with one attached hydrogen (secondary N) is 1. The summed E-state index contributed by atoms with van der Waals surface area (Å²) in [6.07, 6.45) is 2.77. The molecule has 0 spiro atoms. The van der Waals surface area contributed by atoms with E-state index in [1.54, 1.807) is 4.68 Å². The van der Waals surface area contributed by atoms with Gasteiger partial charge in [0.1, 0.15) is 5.82 Å². The molecule has 2 aliphatic heterocycles. The largest absolute Gasteiger partial charge is 0.306 e. The van der Waals surface area contributed by atoms with Crippen LogP contribution in [0.25, 0.3) is 5.69 Å². The van der Waals surface area contributed by atoms with Crippen LogP contribution in [-0.2, 0) is 32.3 Å². The second-order valence-electron chi connectivity index (χ2n) is 9.08. The molecular formula is C25H28N4O4S2. The molecule has 1 atom stereocenters. The first-order valence-corrected chi connectivity index (χ1v) is 14.6. The summed E-state index contributed by atoms with van der Waals surface area (Å²) in [6, 6.07) is 11.9. The fraction of sp³-hybridized carbons (Fsp3) is 0.360. The first kappa shape index (κ1) is 23.9. The number of piperidine rings is 1. The maximum atomic E-state index is 13.2. The number of amides is 1. The Morgan fingerprint density at radius 2 is 1.71 bits per heavy atom. The maximum absolute atomic E-state index is 13.2. The number of anilines is 1. The minimum Gasteiger partial charge on any atom is -0.306 e. The number of rotatable bonds is 5. The molecule has 8 nitrogen and oxygen atoms in total. The number of fused-ring (bicyclic) bond motifs is 1. The van der Waals surface area contributed by atoms with Gasteiger partial charge in [-0.25, -0.2) is 13.1 Å². The number of aromatic nitrogens is 2. The summed E-state index contributed by atoms with van der Waals surface area (Å²) in [4.78, 5) is 13.4. The molecule has 35 heavy (non-hydrogen) atoms. The molecule has 1 amide bonds. The van der Waals surface area contributed by atoms with Crippen LogP contribution in [0.5, 0.6) is 0 Å². The first-order valence-electron chi connectivity index (χ1n) is 11.7. The van der Waals surface area contributed by atoms with E-state index in [0.29, 0.717) is 36.0 Å². The minimum absolute atomic E-state index is 0.188. The maximum Gasteiger partial charge on any atom is 0.256 e. The van der Waals surface area contributed by atoms with Crippen LogP contribution in [0, 0.1) is 13.8 Å². The van der Waals surface area contributed by atoms with E-state index < -0.39 is 20.8 Å². The fourth-order valence-electron chi connectivity index (χ4n) is 4.61.